The molecule has 0 spiro atoms. The molecule has 0 aromatic heterocycles. The topological polar surface area (TPSA) is 124 Å². The zero-order valence-corrected chi connectivity index (χ0v) is 10.4. The normalized spacial score (nSPS) is 15.2. The molecule has 0 saturated carbocycles. The van der Waals surface area contributed by atoms with Gasteiger partial charge in [-0.1, -0.05) is 0 Å². The van der Waals surface area contributed by atoms with Gasteiger partial charge in [0.15, 0.2) is 0 Å². The lowest BCUT2D eigenvalue weighted by Gasteiger charge is -2.13. The fourth-order valence-electron chi connectivity index (χ4n) is 0.974. The van der Waals surface area contributed by atoms with Crippen molar-refractivity contribution in [2.75, 3.05) is 12.3 Å². The van der Waals surface area contributed by atoms with Crippen LogP contribution in [-0.2, 0) is 9.13 Å². The highest BCUT2D eigenvalue weighted by Gasteiger charge is 2.26. The largest absolute Gasteiger partial charge is 0.508 e. The van der Waals surface area contributed by atoms with Crippen molar-refractivity contribution in [2.24, 2.45) is 0 Å². The van der Waals surface area contributed by atoms with Crippen molar-refractivity contribution >= 4 is 15.2 Å². The molecule has 0 saturated heterocycles. The van der Waals surface area contributed by atoms with Crippen LogP contribution in [0.15, 0.2) is 24.3 Å². The first-order valence-corrected chi connectivity index (χ1v) is 8.09. The van der Waals surface area contributed by atoms with Crippen LogP contribution in [0.25, 0.3) is 0 Å². The number of phenols is 1. The van der Waals surface area contributed by atoms with Gasteiger partial charge < -0.3 is 24.3 Å². The Morgan fingerprint density at radius 1 is 1.00 bits per heavy atom. The molecule has 0 amide bonds. The van der Waals surface area contributed by atoms with Crippen LogP contribution in [0.1, 0.15) is 0 Å². The van der Waals surface area contributed by atoms with Gasteiger partial charge in [0, 0.05) is 0 Å². The fourth-order valence-corrected chi connectivity index (χ4v) is 3.57. The molecule has 0 bridgehead atoms. The van der Waals surface area contributed by atoms with E-state index >= 15 is 0 Å². The summed E-state index contributed by atoms with van der Waals surface area (Å²) in [5.41, 5.74) is 0. The standard InChI is InChI=1S/C8H12O7P2/c9-7-1-3-8(4-2-7)15-17(13,14)6-5-16(10,11)12/h1-4,9H,5-6H2,(H,13,14)(H2,10,11,12). The molecule has 0 aliphatic heterocycles. The molecular formula is C8H12O7P2. The van der Waals surface area contributed by atoms with Gasteiger partial charge in [0.25, 0.3) is 0 Å². The predicted molar refractivity (Wildman–Crippen MR) is 60.3 cm³/mol. The second kappa shape index (κ2) is 5.21. The predicted octanol–water partition coefficient (Wildman–Crippen LogP) is 1.13. The molecule has 7 nitrogen and oxygen atoms in total. The highest BCUT2D eigenvalue weighted by Crippen LogP contribution is 2.47. The minimum atomic E-state index is -4.33. The zero-order valence-electron chi connectivity index (χ0n) is 8.63. The zero-order chi connectivity index (χ0) is 13.1. The Bertz CT molecular complexity index is 463. The number of aromatic hydroxyl groups is 1. The fraction of sp³-hybridized carbons (Fsp3) is 0.250. The molecule has 4 N–H and O–H groups in total. The van der Waals surface area contributed by atoms with E-state index in [1.165, 1.54) is 24.3 Å². The molecular weight excluding hydrogens is 270 g/mol. The summed E-state index contributed by atoms with van der Waals surface area (Å²) in [6, 6.07) is 5.07. The van der Waals surface area contributed by atoms with Crippen molar-refractivity contribution in [3.63, 3.8) is 0 Å². The summed E-state index contributed by atoms with van der Waals surface area (Å²) in [4.78, 5) is 26.5. The van der Waals surface area contributed by atoms with Crippen LogP contribution in [0.2, 0.25) is 0 Å². The van der Waals surface area contributed by atoms with Crippen LogP contribution in [-0.4, -0.2) is 32.1 Å². The lowest BCUT2D eigenvalue weighted by atomic mass is 10.3. The highest BCUT2D eigenvalue weighted by atomic mass is 31.2. The lowest BCUT2D eigenvalue weighted by Crippen LogP contribution is -2.02. The highest BCUT2D eigenvalue weighted by molar-refractivity contribution is 7.56. The summed E-state index contributed by atoms with van der Waals surface area (Å²) in [6.07, 6.45) is -1.36. The monoisotopic (exact) mass is 282 g/mol. The summed E-state index contributed by atoms with van der Waals surface area (Å²) >= 11 is 0. The Balaban J connectivity index is 2.63. The lowest BCUT2D eigenvalue weighted by molar-refractivity contribution is 0.363. The Labute approximate surface area is 97.4 Å². The van der Waals surface area contributed by atoms with Crippen molar-refractivity contribution in [1.82, 2.24) is 0 Å². The number of hydrogen-bond acceptors (Lipinski definition) is 4. The molecule has 1 aromatic carbocycles. The van der Waals surface area contributed by atoms with Crippen molar-refractivity contribution in [3.05, 3.63) is 24.3 Å². The van der Waals surface area contributed by atoms with E-state index in [-0.39, 0.29) is 11.5 Å². The van der Waals surface area contributed by atoms with Crippen molar-refractivity contribution in [3.8, 4) is 11.5 Å². The minimum Gasteiger partial charge on any atom is -0.508 e. The molecule has 0 aliphatic rings. The molecule has 0 fully saturated rings. The molecule has 0 aliphatic carbocycles. The SMILES string of the molecule is O=P(O)(O)CCP(=O)(O)Oc1ccc(O)cc1. The Morgan fingerprint density at radius 3 is 2.00 bits per heavy atom. The van der Waals surface area contributed by atoms with E-state index in [1.807, 2.05) is 0 Å². The molecule has 1 unspecified atom stereocenters. The van der Waals surface area contributed by atoms with Gasteiger partial charge in [-0.15, -0.1) is 0 Å². The Kier molecular flexibility index (Phi) is 4.36. The maximum absolute atomic E-state index is 11.4. The Morgan fingerprint density at radius 2 is 1.53 bits per heavy atom. The van der Waals surface area contributed by atoms with Crippen LogP contribution in [0, 0.1) is 0 Å². The van der Waals surface area contributed by atoms with E-state index < -0.39 is 27.5 Å². The molecule has 0 heterocycles. The van der Waals surface area contributed by atoms with E-state index in [2.05, 4.69) is 0 Å². The van der Waals surface area contributed by atoms with Gasteiger partial charge >= 0.3 is 15.2 Å². The first-order chi connectivity index (χ1) is 7.68. The molecule has 96 valence electrons. The van der Waals surface area contributed by atoms with Gasteiger partial charge in [-0.2, -0.15) is 0 Å². The van der Waals surface area contributed by atoms with Gasteiger partial charge in [0.2, 0.25) is 0 Å². The second-order valence-corrected chi connectivity index (χ2v) is 7.02. The summed E-state index contributed by atoms with van der Waals surface area (Å²) in [5.74, 6) is 0.0136. The van der Waals surface area contributed by atoms with E-state index in [0.29, 0.717) is 0 Å². The van der Waals surface area contributed by atoms with Crippen molar-refractivity contribution in [1.29, 1.82) is 0 Å². The molecule has 0 radical (unpaired) electrons. The summed E-state index contributed by atoms with van der Waals surface area (Å²) < 4.78 is 26.7. The summed E-state index contributed by atoms with van der Waals surface area (Å²) in [7, 11) is -8.43. The number of benzene rings is 1. The number of rotatable bonds is 5. The van der Waals surface area contributed by atoms with Crippen LogP contribution < -0.4 is 4.52 Å². The van der Waals surface area contributed by atoms with Gasteiger partial charge in [0.05, 0.1) is 12.3 Å². The smallest absolute Gasteiger partial charge is 0.377 e. The van der Waals surface area contributed by atoms with Gasteiger partial charge in [-0.3, -0.25) is 4.57 Å². The van der Waals surface area contributed by atoms with E-state index in [9.17, 15) is 14.0 Å². The van der Waals surface area contributed by atoms with Crippen LogP contribution in [0.4, 0.5) is 0 Å². The quantitative estimate of drug-likeness (QED) is 0.597. The van der Waals surface area contributed by atoms with Gasteiger partial charge in [-0.25, -0.2) is 4.57 Å². The minimum absolute atomic E-state index is 0.0275. The average Bonchev–Trinajstić information content (AvgIpc) is 2.18. The maximum atomic E-state index is 11.4. The first kappa shape index (κ1) is 14.2. The van der Waals surface area contributed by atoms with E-state index in [4.69, 9.17) is 19.4 Å². The molecule has 17 heavy (non-hydrogen) atoms. The molecule has 1 rings (SSSR count). The van der Waals surface area contributed by atoms with Gasteiger partial charge in [0.1, 0.15) is 11.5 Å². The second-order valence-electron chi connectivity index (χ2n) is 3.33. The van der Waals surface area contributed by atoms with E-state index in [0.717, 1.165) is 0 Å². The van der Waals surface area contributed by atoms with Crippen molar-refractivity contribution in [2.45, 2.75) is 0 Å². The number of phenolic OH excluding ortho intramolecular Hbond substituents is 1. The third-order valence-corrected chi connectivity index (χ3v) is 4.20. The summed E-state index contributed by atoms with van der Waals surface area (Å²) in [6.45, 7) is 0. The molecule has 1 atom stereocenters. The van der Waals surface area contributed by atoms with Crippen LogP contribution in [0.3, 0.4) is 0 Å². The third-order valence-electron chi connectivity index (χ3n) is 1.76. The summed E-state index contributed by atoms with van der Waals surface area (Å²) in [5, 5.41) is 8.97. The molecule has 1 aromatic rings. The van der Waals surface area contributed by atoms with Crippen LogP contribution >= 0.6 is 15.2 Å². The third kappa shape index (κ3) is 5.86. The Hall–Kier alpha value is -0.840. The number of hydrogen-bond donors (Lipinski definition) is 4. The van der Waals surface area contributed by atoms with E-state index in [1.54, 1.807) is 0 Å². The maximum Gasteiger partial charge on any atom is 0.377 e. The van der Waals surface area contributed by atoms with Gasteiger partial charge in [-0.05, 0) is 24.3 Å². The van der Waals surface area contributed by atoms with Crippen molar-refractivity contribution < 1.29 is 33.4 Å². The molecule has 9 heteroatoms. The van der Waals surface area contributed by atoms with Crippen LogP contribution in [0.5, 0.6) is 11.5 Å². The average molecular weight is 282 g/mol. The first-order valence-electron chi connectivity index (χ1n) is 4.53.